The number of alkyl halides is 3. The molecule has 1 N–H and O–H groups in total. The second-order valence-electron chi connectivity index (χ2n) is 8.26. The number of halogens is 3. The Morgan fingerprint density at radius 3 is 2.53 bits per heavy atom. The summed E-state index contributed by atoms with van der Waals surface area (Å²) in [7, 11) is 0. The van der Waals surface area contributed by atoms with Crippen LogP contribution in [0.5, 0.6) is 5.75 Å². The topological polar surface area (TPSA) is 54.5 Å². The molecular weight excluding hydrogens is 463 g/mol. The van der Waals surface area contributed by atoms with Crippen molar-refractivity contribution in [3.63, 3.8) is 0 Å². The summed E-state index contributed by atoms with van der Waals surface area (Å²) in [4.78, 5) is 20.0. The molecule has 2 heterocycles. The van der Waals surface area contributed by atoms with E-state index in [1.54, 1.807) is 29.6 Å². The number of nitrogens with zero attached hydrogens (tertiary/aromatic N) is 2. The first-order valence-electron chi connectivity index (χ1n) is 11.3. The second-order valence-corrected chi connectivity index (χ2v) is 9.15. The first kappa shape index (κ1) is 24.2. The second kappa shape index (κ2) is 10.6. The molecule has 9 heteroatoms. The molecule has 1 fully saturated rings. The molecule has 34 heavy (non-hydrogen) atoms. The number of benzene rings is 2. The molecule has 1 aromatic heterocycles. The van der Waals surface area contributed by atoms with E-state index < -0.39 is 6.36 Å². The zero-order valence-electron chi connectivity index (χ0n) is 18.8. The van der Waals surface area contributed by atoms with Crippen molar-refractivity contribution >= 4 is 22.9 Å². The summed E-state index contributed by atoms with van der Waals surface area (Å²) in [5.74, 6) is -0.229. The van der Waals surface area contributed by atoms with Crippen LogP contribution in [0.4, 0.5) is 18.9 Å². The highest BCUT2D eigenvalue weighted by Crippen LogP contribution is 2.33. The number of likely N-dealkylation sites (tertiary alicyclic amines) is 1. The fourth-order valence-electron chi connectivity index (χ4n) is 4.17. The smallest absolute Gasteiger partial charge is 0.406 e. The lowest BCUT2D eigenvalue weighted by molar-refractivity contribution is -0.274. The maximum absolute atomic E-state index is 12.9. The molecule has 5 nitrogen and oxygen atoms in total. The molecule has 0 spiro atoms. The van der Waals surface area contributed by atoms with Gasteiger partial charge in [-0.05, 0) is 62.7 Å². The minimum atomic E-state index is -4.74. The first-order chi connectivity index (χ1) is 16.3. The summed E-state index contributed by atoms with van der Waals surface area (Å²) in [5.41, 5.74) is 2.27. The van der Waals surface area contributed by atoms with E-state index in [1.807, 2.05) is 0 Å². The minimum Gasteiger partial charge on any atom is -0.406 e. The van der Waals surface area contributed by atoms with Crippen LogP contribution in [0.1, 0.15) is 47.6 Å². The Labute approximate surface area is 200 Å². The van der Waals surface area contributed by atoms with E-state index in [9.17, 15) is 18.0 Å². The molecule has 3 aromatic rings. The number of ether oxygens (including phenoxy) is 1. The van der Waals surface area contributed by atoms with Crippen molar-refractivity contribution in [3.05, 3.63) is 64.6 Å². The number of hydrogen-bond donors (Lipinski definition) is 1. The molecule has 0 bridgehead atoms. The minimum absolute atomic E-state index is 0.298. The van der Waals surface area contributed by atoms with Gasteiger partial charge in [0.1, 0.15) is 11.4 Å². The first-order valence-corrected chi connectivity index (χ1v) is 12.1. The zero-order chi connectivity index (χ0) is 24.1. The van der Waals surface area contributed by atoms with Gasteiger partial charge in [-0.3, -0.25) is 4.79 Å². The summed E-state index contributed by atoms with van der Waals surface area (Å²) in [5, 5.41) is 5.69. The summed E-state index contributed by atoms with van der Waals surface area (Å²) >= 11 is 1.52. The molecule has 0 radical (unpaired) electrons. The van der Waals surface area contributed by atoms with Crippen molar-refractivity contribution in [3.8, 4) is 16.9 Å². The fraction of sp³-hybridized carbons (Fsp3) is 0.360. The van der Waals surface area contributed by atoms with Crippen molar-refractivity contribution in [2.24, 2.45) is 0 Å². The highest BCUT2D eigenvalue weighted by molar-refractivity contribution is 7.10. The van der Waals surface area contributed by atoms with Gasteiger partial charge in [-0.15, -0.1) is 24.5 Å². The van der Waals surface area contributed by atoms with Gasteiger partial charge in [0.05, 0.1) is 5.01 Å². The molecule has 0 unspecified atom stereocenters. The van der Waals surface area contributed by atoms with Crippen molar-refractivity contribution in [2.75, 3.05) is 25.0 Å². The lowest BCUT2D eigenvalue weighted by Crippen LogP contribution is -2.33. The standard InChI is InChI=1S/C25H26F3N3O2S/c1-2-13-31-14-11-18(12-15-31)24-30-22(16-34-24)23(32)29-21-6-4-3-5-20(21)17-7-9-19(10-8-17)33-25(26,27)28/h3-10,16,18H,2,11-15H2,1H3,(H,29,32). The third-order valence-corrected chi connectivity index (χ3v) is 6.81. The highest BCUT2D eigenvalue weighted by Gasteiger charge is 2.31. The monoisotopic (exact) mass is 489 g/mol. The van der Waals surface area contributed by atoms with Crippen LogP contribution in [-0.2, 0) is 0 Å². The van der Waals surface area contributed by atoms with Crippen LogP contribution in [0.2, 0.25) is 0 Å². The van der Waals surface area contributed by atoms with Gasteiger partial charge in [-0.2, -0.15) is 0 Å². The van der Waals surface area contributed by atoms with Gasteiger partial charge in [0.25, 0.3) is 5.91 Å². The Morgan fingerprint density at radius 2 is 1.85 bits per heavy atom. The zero-order valence-corrected chi connectivity index (χ0v) is 19.6. The van der Waals surface area contributed by atoms with Crippen LogP contribution in [-0.4, -0.2) is 41.8 Å². The molecule has 1 saturated heterocycles. The normalized spacial score (nSPS) is 15.3. The lowest BCUT2D eigenvalue weighted by atomic mass is 9.97. The summed E-state index contributed by atoms with van der Waals surface area (Å²) in [6.45, 7) is 5.42. The quantitative estimate of drug-likeness (QED) is 0.409. The van der Waals surface area contributed by atoms with Crippen molar-refractivity contribution in [1.82, 2.24) is 9.88 Å². The number of para-hydroxylation sites is 1. The molecular formula is C25H26F3N3O2S. The predicted molar refractivity (Wildman–Crippen MR) is 127 cm³/mol. The van der Waals surface area contributed by atoms with E-state index >= 15 is 0 Å². The molecule has 0 atom stereocenters. The summed E-state index contributed by atoms with van der Waals surface area (Å²) in [6.07, 6.45) is -1.50. The van der Waals surface area contributed by atoms with Crippen molar-refractivity contribution in [2.45, 2.75) is 38.5 Å². The molecule has 1 aliphatic rings. The number of aromatic nitrogens is 1. The van der Waals surface area contributed by atoms with Gasteiger partial charge in [0.15, 0.2) is 0 Å². The van der Waals surface area contributed by atoms with E-state index in [1.165, 1.54) is 35.6 Å². The van der Waals surface area contributed by atoms with Crippen molar-refractivity contribution < 1.29 is 22.7 Å². The molecule has 180 valence electrons. The largest absolute Gasteiger partial charge is 0.573 e. The number of piperidine rings is 1. The number of hydrogen-bond acceptors (Lipinski definition) is 5. The molecule has 4 rings (SSSR count). The van der Waals surface area contributed by atoms with Gasteiger partial charge < -0.3 is 15.0 Å². The predicted octanol–water partition coefficient (Wildman–Crippen LogP) is 6.55. The summed E-state index contributed by atoms with van der Waals surface area (Å²) < 4.78 is 41.2. The Bertz CT molecular complexity index is 1110. The Morgan fingerprint density at radius 1 is 1.15 bits per heavy atom. The average molecular weight is 490 g/mol. The summed E-state index contributed by atoms with van der Waals surface area (Å²) in [6, 6.07) is 12.7. The average Bonchev–Trinajstić information content (AvgIpc) is 3.30. The Balaban J connectivity index is 1.44. The molecule has 1 amide bonds. The van der Waals surface area contributed by atoms with Gasteiger partial charge in [-0.25, -0.2) is 4.98 Å². The molecule has 2 aromatic carbocycles. The van der Waals surface area contributed by atoms with Crippen LogP contribution in [0.3, 0.4) is 0 Å². The van der Waals surface area contributed by atoms with Gasteiger partial charge >= 0.3 is 6.36 Å². The number of carbonyl (C=O) groups is 1. The van der Waals surface area contributed by atoms with Gasteiger partial charge in [0, 0.05) is 22.5 Å². The molecule has 0 saturated carbocycles. The van der Waals surface area contributed by atoms with E-state index in [2.05, 4.69) is 26.9 Å². The Hall–Kier alpha value is -2.91. The van der Waals surface area contributed by atoms with Gasteiger partial charge in [0.2, 0.25) is 0 Å². The number of amides is 1. The van der Waals surface area contributed by atoms with Crippen molar-refractivity contribution in [1.29, 1.82) is 0 Å². The maximum Gasteiger partial charge on any atom is 0.573 e. The molecule has 1 aliphatic heterocycles. The van der Waals surface area contributed by atoms with Crippen LogP contribution < -0.4 is 10.1 Å². The Kier molecular flexibility index (Phi) is 7.53. The number of anilines is 1. The number of rotatable bonds is 7. The van der Waals surface area contributed by atoms with Gasteiger partial charge in [-0.1, -0.05) is 37.3 Å². The SMILES string of the molecule is CCCN1CCC(c2nc(C(=O)Nc3ccccc3-c3ccc(OC(F)(F)F)cc3)cs2)CC1. The third-order valence-electron chi connectivity index (χ3n) is 5.81. The van der Waals surface area contributed by atoms with Crippen LogP contribution in [0, 0.1) is 0 Å². The number of nitrogens with one attached hydrogen (secondary N) is 1. The molecule has 0 aliphatic carbocycles. The van der Waals surface area contributed by atoms with E-state index in [0.29, 0.717) is 28.4 Å². The van der Waals surface area contributed by atoms with E-state index in [0.717, 1.165) is 43.9 Å². The van der Waals surface area contributed by atoms with Crippen LogP contribution >= 0.6 is 11.3 Å². The van der Waals surface area contributed by atoms with E-state index in [4.69, 9.17) is 0 Å². The maximum atomic E-state index is 12.9. The van der Waals surface area contributed by atoms with E-state index in [-0.39, 0.29) is 11.7 Å². The lowest BCUT2D eigenvalue weighted by Gasteiger charge is -2.30. The fourth-order valence-corrected chi connectivity index (χ4v) is 5.14. The van der Waals surface area contributed by atoms with Crippen LogP contribution in [0.15, 0.2) is 53.9 Å². The highest BCUT2D eigenvalue weighted by atomic mass is 32.1. The number of thiazole rings is 1. The third kappa shape index (κ3) is 6.15. The van der Waals surface area contributed by atoms with Crippen LogP contribution in [0.25, 0.3) is 11.1 Å². The number of carbonyl (C=O) groups excluding carboxylic acids is 1.